The quantitative estimate of drug-likeness (QED) is 0.906. The summed E-state index contributed by atoms with van der Waals surface area (Å²) in [7, 11) is 1.39. The summed E-state index contributed by atoms with van der Waals surface area (Å²) in [5, 5.41) is 14.2. The Morgan fingerprint density at radius 3 is 2.74 bits per heavy atom. The molecule has 2 amide bonds. The first-order valence-electron chi connectivity index (χ1n) is 6.94. The number of hydrogen-bond donors (Lipinski definition) is 2. The van der Waals surface area contributed by atoms with Gasteiger partial charge in [0.1, 0.15) is 0 Å². The molecule has 0 saturated heterocycles. The molecule has 0 heterocycles. The molecule has 0 fully saturated rings. The lowest BCUT2D eigenvalue weighted by atomic mass is 10.1. The predicted octanol–water partition coefficient (Wildman–Crippen LogP) is 3.59. The fourth-order valence-electron chi connectivity index (χ4n) is 2.07. The lowest BCUT2D eigenvalue weighted by molar-refractivity contribution is 0.249. The van der Waals surface area contributed by atoms with Gasteiger partial charge in [-0.2, -0.15) is 5.26 Å². The van der Waals surface area contributed by atoms with Crippen LogP contribution in [-0.2, 0) is 0 Å². The third kappa shape index (κ3) is 4.20. The van der Waals surface area contributed by atoms with Crippen LogP contribution in [0.4, 0.5) is 14.9 Å². The molecular formula is C17H16FN3O2. The van der Waals surface area contributed by atoms with E-state index >= 15 is 0 Å². The molecule has 0 aromatic heterocycles. The molecule has 5 nitrogen and oxygen atoms in total. The van der Waals surface area contributed by atoms with Crippen LogP contribution in [-0.4, -0.2) is 13.1 Å². The first-order valence-corrected chi connectivity index (χ1v) is 6.94. The second kappa shape index (κ2) is 7.27. The molecule has 2 N–H and O–H groups in total. The van der Waals surface area contributed by atoms with Gasteiger partial charge < -0.3 is 15.4 Å². The molecule has 0 aliphatic heterocycles. The van der Waals surface area contributed by atoms with Gasteiger partial charge in [0.15, 0.2) is 11.6 Å². The minimum absolute atomic E-state index is 0.152. The van der Waals surface area contributed by atoms with E-state index in [0.29, 0.717) is 16.8 Å². The van der Waals surface area contributed by atoms with Crippen molar-refractivity contribution < 1.29 is 13.9 Å². The molecule has 2 rings (SSSR count). The Morgan fingerprint density at radius 2 is 2.09 bits per heavy atom. The fourth-order valence-corrected chi connectivity index (χ4v) is 2.07. The number of carbonyl (C=O) groups is 1. The van der Waals surface area contributed by atoms with Gasteiger partial charge in [-0.25, -0.2) is 9.18 Å². The van der Waals surface area contributed by atoms with Gasteiger partial charge in [0.25, 0.3) is 0 Å². The molecule has 2 aromatic rings. The van der Waals surface area contributed by atoms with Gasteiger partial charge in [-0.3, -0.25) is 0 Å². The molecule has 0 aliphatic carbocycles. The van der Waals surface area contributed by atoms with E-state index in [1.54, 1.807) is 37.3 Å². The number of amides is 2. The van der Waals surface area contributed by atoms with Crippen molar-refractivity contribution in [3.8, 4) is 11.8 Å². The summed E-state index contributed by atoms with van der Waals surface area (Å²) in [5.41, 5.74) is 1.58. The van der Waals surface area contributed by atoms with Crippen molar-refractivity contribution in [1.82, 2.24) is 5.32 Å². The highest BCUT2D eigenvalue weighted by Gasteiger charge is 2.12. The van der Waals surface area contributed by atoms with E-state index in [1.165, 1.54) is 19.2 Å². The number of anilines is 1. The zero-order valence-corrected chi connectivity index (χ0v) is 12.8. The van der Waals surface area contributed by atoms with E-state index in [9.17, 15) is 9.18 Å². The van der Waals surface area contributed by atoms with Crippen molar-refractivity contribution in [1.29, 1.82) is 5.26 Å². The smallest absolute Gasteiger partial charge is 0.319 e. The summed E-state index contributed by atoms with van der Waals surface area (Å²) < 4.78 is 18.6. The second-order valence-corrected chi connectivity index (χ2v) is 4.91. The third-order valence-electron chi connectivity index (χ3n) is 3.27. The number of ether oxygens (including phenoxy) is 1. The Morgan fingerprint density at radius 1 is 1.30 bits per heavy atom. The molecule has 0 radical (unpaired) electrons. The highest BCUT2D eigenvalue weighted by molar-refractivity contribution is 5.89. The molecule has 0 bridgehead atoms. The van der Waals surface area contributed by atoms with E-state index in [-0.39, 0.29) is 5.75 Å². The Bertz CT molecular complexity index is 756. The number of carbonyl (C=O) groups excluding carboxylic acids is 1. The average molecular weight is 313 g/mol. The predicted molar refractivity (Wildman–Crippen MR) is 84.7 cm³/mol. The van der Waals surface area contributed by atoms with Crippen molar-refractivity contribution >= 4 is 11.7 Å². The molecule has 0 spiro atoms. The Hall–Kier alpha value is -3.07. The van der Waals surface area contributed by atoms with Gasteiger partial charge >= 0.3 is 6.03 Å². The van der Waals surface area contributed by atoms with Crippen LogP contribution in [0.15, 0.2) is 42.5 Å². The summed E-state index contributed by atoms with van der Waals surface area (Å²) in [5.74, 6) is -0.334. The van der Waals surface area contributed by atoms with E-state index in [2.05, 4.69) is 10.6 Å². The van der Waals surface area contributed by atoms with Crippen molar-refractivity contribution in [2.24, 2.45) is 0 Å². The first kappa shape index (κ1) is 16.3. The van der Waals surface area contributed by atoms with Gasteiger partial charge in [-0.15, -0.1) is 0 Å². The van der Waals surface area contributed by atoms with Crippen LogP contribution in [0.2, 0.25) is 0 Å². The standard InChI is InChI=1S/C17H16FN3O2/c1-11(13-6-7-16(23-2)15(18)9-13)20-17(22)21-14-5-3-4-12(8-14)10-19/h3-9,11H,1-2H3,(H2,20,21,22). The van der Waals surface area contributed by atoms with Crippen LogP contribution < -0.4 is 15.4 Å². The topological polar surface area (TPSA) is 74.2 Å². The molecule has 0 aliphatic rings. The molecule has 23 heavy (non-hydrogen) atoms. The zero-order valence-electron chi connectivity index (χ0n) is 12.8. The number of hydrogen-bond acceptors (Lipinski definition) is 3. The van der Waals surface area contributed by atoms with Crippen LogP contribution in [0.1, 0.15) is 24.1 Å². The Labute approximate surface area is 133 Å². The number of rotatable bonds is 4. The summed E-state index contributed by atoms with van der Waals surface area (Å²) in [6, 6.07) is 12.2. The molecule has 6 heteroatoms. The molecular weight excluding hydrogens is 297 g/mol. The number of nitrogens with one attached hydrogen (secondary N) is 2. The van der Waals surface area contributed by atoms with Crippen LogP contribution in [0, 0.1) is 17.1 Å². The molecule has 1 unspecified atom stereocenters. The molecule has 0 saturated carbocycles. The lowest BCUT2D eigenvalue weighted by Crippen LogP contribution is -2.31. The van der Waals surface area contributed by atoms with E-state index in [1.807, 2.05) is 6.07 Å². The van der Waals surface area contributed by atoms with Gasteiger partial charge in [-0.1, -0.05) is 12.1 Å². The minimum atomic E-state index is -0.485. The van der Waals surface area contributed by atoms with Crippen LogP contribution in [0.5, 0.6) is 5.75 Å². The minimum Gasteiger partial charge on any atom is -0.494 e. The van der Waals surface area contributed by atoms with Gasteiger partial charge in [-0.05, 0) is 42.8 Å². The van der Waals surface area contributed by atoms with Crippen LogP contribution in [0.25, 0.3) is 0 Å². The summed E-state index contributed by atoms with van der Waals surface area (Å²) in [6.45, 7) is 1.74. The highest BCUT2D eigenvalue weighted by Crippen LogP contribution is 2.21. The van der Waals surface area contributed by atoms with E-state index in [0.717, 1.165) is 0 Å². The maximum absolute atomic E-state index is 13.7. The van der Waals surface area contributed by atoms with Crippen molar-refractivity contribution in [3.63, 3.8) is 0 Å². The van der Waals surface area contributed by atoms with E-state index < -0.39 is 17.9 Å². The summed E-state index contributed by atoms with van der Waals surface area (Å²) in [4.78, 5) is 12.0. The number of benzene rings is 2. The highest BCUT2D eigenvalue weighted by atomic mass is 19.1. The summed E-state index contributed by atoms with van der Waals surface area (Å²) >= 11 is 0. The largest absolute Gasteiger partial charge is 0.494 e. The molecule has 1 atom stereocenters. The number of halogens is 1. The van der Waals surface area contributed by atoms with Crippen LogP contribution in [0.3, 0.4) is 0 Å². The fraction of sp³-hybridized carbons (Fsp3) is 0.176. The first-order chi connectivity index (χ1) is 11.0. The number of nitrogens with zero attached hydrogens (tertiary/aromatic N) is 1. The second-order valence-electron chi connectivity index (χ2n) is 4.91. The Kier molecular flexibility index (Phi) is 5.15. The molecule has 2 aromatic carbocycles. The number of nitriles is 1. The van der Waals surface area contributed by atoms with Gasteiger partial charge in [0.2, 0.25) is 0 Å². The monoisotopic (exact) mass is 313 g/mol. The van der Waals surface area contributed by atoms with Crippen molar-refractivity contribution in [3.05, 3.63) is 59.4 Å². The normalized spacial score (nSPS) is 11.2. The van der Waals surface area contributed by atoms with E-state index in [4.69, 9.17) is 10.00 Å². The maximum Gasteiger partial charge on any atom is 0.319 e. The zero-order chi connectivity index (χ0) is 16.8. The van der Waals surface area contributed by atoms with Gasteiger partial charge in [0, 0.05) is 5.69 Å². The average Bonchev–Trinajstić information content (AvgIpc) is 2.54. The van der Waals surface area contributed by atoms with Gasteiger partial charge in [0.05, 0.1) is 24.8 Å². The van der Waals surface area contributed by atoms with Crippen LogP contribution >= 0.6 is 0 Å². The van der Waals surface area contributed by atoms with Crippen molar-refractivity contribution in [2.45, 2.75) is 13.0 Å². The lowest BCUT2D eigenvalue weighted by Gasteiger charge is -2.16. The number of urea groups is 1. The maximum atomic E-state index is 13.7. The van der Waals surface area contributed by atoms with Crippen molar-refractivity contribution in [2.75, 3.05) is 12.4 Å². The third-order valence-corrected chi connectivity index (χ3v) is 3.27. The molecule has 118 valence electrons. The SMILES string of the molecule is COc1ccc(C(C)NC(=O)Nc2cccc(C#N)c2)cc1F. The number of methoxy groups -OCH3 is 1. The Balaban J connectivity index is 2.02. The summed E-state index contributed by atoms with van der Waals surface area (Å²) in [6.07, 6.45) is 0.